The SMILES string of the molecule is COc1ccc(Br)c(NC(=O)CC(C)(C)N)c1. The molecule has 0 spiro atoms. The number of nitrogens with one attached hydrogen (secondary N) is 1. The van der Waals surface area contributed by atoms with Crippen molar-refractivity contribution in [3.63, 3.8) is 0 Å². The third-order valence-corrected chi connectivity index (χ3v) is 2.76. The van der Waals surface area contributed by atoms with Crippen LogP contribution in [0.2, 0.25) is 0 Å². The van der Waals surface area contributed by atoms with E-state index in [2.05, 4.69) is 21.2 Å². The minimum atomic E-state index is -0.518. The number of rotatable bonds is 4. The Morgan fingerprint density at radius 2 is 2.18 bits per heavy atom. The summed E-state index contributed by atoms with van der Waals surface area (Å²) in [5, 5.41) is 2.80. The van der Waals surface area contributed by atoms with Crippen molar-refractivity contribution < 1.29 is 9.53 Å². The van der Waals surface area contributed by atoms with Crippen LogP contribution in [-0.4, -0.2) is 18.6 Å². The molecular weight excluding hydrogens is 284 g/mol. The molecule has 0 aliphatic rings. The minimum absolute atomic E-state index is 0.119. The summed E-state index contributed by atoms with van der Waals surface area (Å²) in [5.74, 6) is 0.571. The Hall–Kier alpha value is -1.07. The first-order chi connectivity index (χ1) is 7.81. The Bertz CT molecular complexity index is 413. The maximum atomic E-state index is 11.7. The zero-order valence-corrected chi connectivity index (χ0v) is 11.8. The smallest absolute Gasteiger partial charge is 0.226 e. The van der Waals surface area contributed by atoms with Gasteiger partial charge in [-0.1, -0.05) is 0 Å². The van der Waals surface area contributed by atoms with E-state index in [1.807, 2.05) is 26.0 Å². The molecule has 1 aromatic carbocycles. The van der Waals surface area contributed by atoms with Gasteiger partial charge in [0.2, 0.25) is 5.91 Å². The lowest BCUT2D eigenvalue weighted by Crippen LogP contribution is -2.36. The van der Waals surface area contributed by atoms with Crippen LogP contribution in [-0.2, 0) is 4.79 Å². The van der Waals surface area contributed by atoms with Crippen molar-refractivity contribution in [1.29, 1.82) is 0 Å². The number of nitrogens with two attached hydrogens (primary N) is 1. The number of ether oxygens (including phenoxy) is 1. The zero-order valence-electron chi connectivity index (χ0n) is 10.2. The molecule has 0 aliphatic carbocycles. The first-order valence-corrected chi connectivity index (χ1v) is 6.03. The van der Waals surface area contributed by atoms with E-state index in [0.717, 1.165) is 4.47 Å². The lowest BCUT2D eigenvalue weighted by Gasteiger charge is -2.18. The molecule has 1 aromatic rings. The molecule has 5 heteroatoms. The highest BCUT2D eigenvalue weighted by Gasteiger charge is 2.17. The van der Waals surface area contributed by atoms with Crippen molar-refractivity contribution in [2.24, 2.45) is 5.73 Å². The van der Waals surface area contributed by atoms with Crippen molar-refractivity contribution in [1.82, 2.24) is 0 Å². The van der Waals surface area contributed by atoms with E-state index >= 15 is 0 Å². The molecule has 0 heterocycles. The summed E-state index contributed by atoms with van der Waals surface area (Å²) in [7, 11) is 1.58. The number of benzene rings is 1. The van der Waals surface area contributed by atoms with Crippen LogP contribution in [0.3, 0.4) is 0 Å². The summed E-state index contributed by atoms with van der Waals surface area (Å²) in [6.45, 7) is 3.63. The number of hydrogen-bond acceptors (Lipinski definition) is 3. The van der Waals surface area contributed by atoms with Gasteiger partial charge < -0.3 is 15.8 Å². The lowest BCUT2D eigenvalue weighted by atomic mass is 10.0. The quantitative estimate of drug-likeness (QED) is 0.898. The van der Waals surface area contributed by atoms with Crippen molar-refractivity contribution in [2.45, 2.75) is 25.8 Å². The fourth-order valence-electron chi connectivity index (χ4n) is 1.34. The van der Waals surface area contributed by atoms with Gasteiger partial charge in [0.15, 0.2) is 0 Å². The van der Waals surface area contributed by atoms with E-state index < -0.39 is 5.54 Å². The summed E-state index contributed by atoms with van der Waals surface area (Å²) in [4.78, 5) is 11.7. The number of carbonyl (C=O) groups excluding carboxylic acids is 1. The number of anilines is 1. The molecule has 0 saturated carbocycles. The van der Waals surface area contributed by atoms with E-state index in [-0.39, 0.29) is 12.3 Å². The van der Waals surface area contributed by atoms with Gasteiger partial charge in [0, 0.05) is 22.5 Å². The van der Waals surface area contributed by atoms with Crippen molar-refractivity contribution in [2.75, 3.05) is 12.4 Å². The van der Waals surface area contributed by atoms with Crippen LogP contribution < -0.4 is 15.8 Å². The molecule has 0 saturated heterocycles. The molecule has 0 aliphatic heterocycles. The zero-order chi connectivity index (χ0) is 13.1. The summed E-state index contributed by atoms with van der Waals surface area (Å²) in [6.07, 6.45) is 0.261. The summed E-state index contributed by atoms with van der Waals surface area (Å²) in [5.41, 5.74) is 5.95. The highest BCUT2D eigenvalue weighted by molar-refractivity contribution is 9.10. The van der Waals surface area contributed by atoms with E-state index in [1.165, 1.54) is 0 Å². The molecule has 0 aromatic heterocycles. The number of halogens is 1. The molecule has 94 valence electrons. The normalized spacial score (nSPS) is 11.1. The predicted molar refractivity (Wildman–Crippen MR) is 72.2 cm³/mol. The van der Waals surface area contributed by atoms with Gasteiger partial charge in [0.1, 0.15) is 5.75 Å². The van der Waals surface area contributed by atoms with Gasteiger partial charge in [-0.25, -0.2) is 0 Å². The molecule has 3 N–H and O–H groups in total. The second kappa shape index (κ2) is 5.51. The van der Waals surface area contributed by atoms with Gasteiger partial charge in [-0.2, -0.15) is 0 Å². The van der Waals surface area contributed by atoms with Crippen molar-refractivity contribution in [3.05, 3.63) is 22.7 Å². The standard InChI is InChI=1S/C12H17BrN2O2/c1-12(2,14)7-11(16)15-10-6-8(17-3)4-5-9(10)13/h4-6H,7,14H2,1-3H3,(H,15,16). The van der Waals surface area contributed by atoms with E-state index in [4.69, 9.17) is 10.5 Å². The van der Waals surface area contributed by atoms with Crippen molar-refractivity contribution >= 4 is 27.5 Å². The van der Waals surface area contributed by atoms with Crippen LogP contribution in [0, 0.1) is 0 Å². The van der Waals surface area contributed by atoms with Gasteiger partial charge in [-0.3, -0.25) is 4.79 Å². The summed E-state index contributed by atoms with van der Waals surface area (Å²) in [6, 6.07) is 5.39. The maximum absolute atomic E-state index is 11.7. The minimum Gasteiger partial charge on any atom is -0.497 e. The van der Waals surface area contributed by atoms with Crippen LogP contribution in [0.15, 0.2) is 22.7 Å². The van der Waals surface area contributed by atoms with Crippen LogP contribution >= 0.6 is 15.9 Å². The summed E-state index contributed by atoms with van der Waals surface area (Å²) < 4.78 is 5.90. The van der Waals surface area contributed by atoms with Gasteiger partial charge in [0.25, 0.3) is 0 Å². The Morgan fingerprint density at radius 1 is 1.53 bits per heavy atom. The van der Waals surface area contributed by atoms with Crippen LogP contribution in [0.5, 0.6) is 5.75 Å². The Balaban J connectivity index is 2.77. The molecule has 0 bridgehead atoms. The lowest BCUT2D eigenvalue weighted by molar-refractivity contribution is -0.117. The average Bonchev–Trinajstić information content (AvgIpc) is 2.18. The first kappa shape index (κ1) is 14.0. The summed E-state index contributed by atoms with van der Waals surface area (Å²) >= 11 is 3.37. The molecule has 0 unspecified atom stereocenters. The average molecular weight is 301 g/mol. The Kier molecular flexibility index (Phi) is 4.54. The van der Waals surface area contributed by atoms with Gasteiger partial charge in [-0.05, 0) is 41.9 Å². The fourth-order valence-corrected chi connectivity index (χ4v) is 1.68. The van der Waals surface area contributed by atoms with Gasteiger partial charge >= 0.3 is 0 Å². The monoisotopic (exact) mass is 300 g/mol. The number of carbonyl (C=O) groups is 1. The second-order valence-electron chi connectivity index (χ2n) is 4.56. The Morgan fingerprint density at radius 3 is 2.71 bits per heavy atom. The number of amides is 1. The molecule has 0 fully saturated rings. The van der Waals surface area contributed by atoms with Crippen LogP contribution in [0.4, 0.5) is 5.69 Å². The molecule has 1 rings (SSSR count). The molecule has 4 nitrogen and oxygen atoms in total. The second-order valence-corrected chi connectivity index (χ2v) is 5.41. The van der Waals surface area contributed by atoms with E-state index in [9.17, 15) is 4.79 Å². The first-order valence-electron chi connectivity index (χ1n) is 5.24. The third kappa shape index (κ3) is 4.75. The largest absolute Gasteiger partial charge is 0.497 e. The van der Waals surface area contributed by atoms with E-state index in [1.54, 1.807) is 13.2 Å². The molecular formula is C12H17BrN2O2. The van der Waals surface area contributed by atoms with Gasteiger partial charge in [0.05, 0.1) is 12.8 Å². The fraction of sp³-hybridized carbons (Fsp3) is 0.417. The number of methoxy groups -OCH3 is 1. The van der Waals surface area contributed by atoms with Crippen molar-refractivity contribution in [3.8, 4) is 5.75 Å². The highest BCUT2D eigenvalue weighted by atomic mass is 79.9. The molecule has 0 radical (unpaired) electrons. The maximum Gasteiger partial charge on any atom is 0.226 e. The van der Waals surface area contributed by atoms with Gasteiger partial charge in [-0.15, -0.1) is 0 Å². The predicted octanol–water partition coefficient (Wildman–Crippen LogP) is 2.52. The molecule has 17 heavy (non-hydrogen) atoms. The Labute approximate surface area is 110 Å². The van der Waals surface area contributed by atoms with Crippen LogP contribution in [0.1, 0.15) is 20.3 Å². The third-order valence-electron chi connectivity index (χ3n) is 2.06. The highest BCUT2D eigenvalue weighted by Crippen LogP contribution is 2.27. The molecule has 0 atom stereocenters. The van der Waals surface area contributed by atoms with Crippen LogP contribution in [0.25, 0.3) is 0 Å². The van der Waals surface area contributed by atoms with E-state index in [0.29, 0.717) is 11.4 Å². The molecule has 1 amide bonds. The number of hydrogen-bond donors (Lipinski definition) is 2. The topological polar surface area (TPSA) is 64.3 Å².